The third-order valence-corrected chi connectivity index (χ3v) is 4.11. The maximum absolute atomic E-state index is 12.4. The van der Waals surface area contributed by atoms with Gasteiger partial charge >= 0.3 is 0 Å². The molecule has 0 saturated heterocycles. The Morgan fingerprint density at radius 1 is 1.28 bits per heavy atom. The molecule has 0 spiro atoms. The predicted molar refractivity (Wildman–Crippen MR) is 92.0 cm³/mol. The third-order valence-electron chi connectivity index (χ3n) is 4.11. The summed E-state index contributed by atoms with van der Waals surface area (Å²) in [7, 11) is 1.88. The van der Waals surface area contributed by atoms with Crippen molar-refractivity contribution in [3.8, 4) is 0 Å². The van der Waals surface area contributed by atoms with Crippen molar-refractivity contribution >= 4 is 27.7 Å². The number of amides is 1. The highest BCUT2D eigenvalue weighted by molar-refractivity contribution is 5.98. The molecule has 0 aliphatic heterocycles. The van der Waals surface area contributed by atoms with E-state index in [0.717, 1.165) is 16.9 Å². The summed E-state index contributed by atoms with van der Waals surface area (Å²) in [5, 5.41) is 10.0. The standard InChI is InChI=1S/C17H14N6O2/c1-23-14-8-18-5-4-13(14)21-15(23)9-19-16(24)10-2-3-11-7-20-22-17(25)12(11)6-10/h2-8H,9H2,1H3,(H,19,24)(H,22,25). The molecule has 1 amide bonds. The Morgan fingerprint density at radius 3 is 3.00 bits per heavy atom. The Bertz CT molecular complexity index is 1160. The van der Waals surface area contributed by atoms with Crippen molar-refractivity contribution in [1.29, 1.82) is 0 Å². The Balaban J connectivity index is 1.58. The van der Waals surface area contributed by atoms with E-state index in [1.165, 1.54) is 0 Å². The number of carbonyl (C=O) groups is 1. The molecule has 0 saturated carbocycles. The van der Waals surface area contributed by atoms with Crippen LogP contribution in [0.25, 0.3) is 21.8 Å². The average Bonchev–Trinajstić information content (AvgIpc) is 2.96. The normalized spacial score (nSPS) is 11.1. The second-order valence-corrected chi connectivity index (χ2v) is 5.64. The van der Waals surface area contributed by atoms with Gasteiger partial charge < -0.3 is 9.88 Å². The van der Waals surface area contributed by atoms with Crippen LogP contribution < -0.4 is 10.9 Å². The molecule has 8 heteroatoms. The van der Waals surface area contributed by atoms with E-state index in [4.69, 9.17) is 0 Å². The van der Waals surface area contributed by atoms with Crippen molar-refractivity contribution in [1.82, 2.24) is 30.0 Å². The Hall–Kier alpha value is -3.55. The van der Waals surface area contributed by atoms with E-state index in [1.807, 2.05) is 17.7 Å². The maximum atomic E-state index is 12.4. The molecule has 0 aliphatic rings. The number of H-pyrrole nitrogens is 1. The fourth-order valence-corrected chi connectivity index (χ4v) is 2.73. The number of nitrogens with one attached hydrogen (secondary N) is 2. The van der Waals surface area contributed by atoms with Crippen LogP contribution in [0.4, 0.5) is 0 Å². The molecule has 2 N–H and O–H groups in total. The fourth-order valence-electron chi connectivity index (χ4n) is 2.73. The van der Waals surface area contributed by atoms with Crippen LogP contribution in [0.15, 0.2) is 47.7 Å². The Morgan fingerprint density at radius 2 is 2.16 bits per heavy atom. The molecule has 0 aliphatic carbocycles. The predicted octanol–water partition coefficient (Wildman–Crippen LogP) is 1.13. The minimum atomic E-state index is -0.324. The molecule has 0 bridgehead atoms. The van der Waals surface area contributed by atoms with Crippen LogP contribution in [0.3, 0.4) is 0 Å². The second kappa shape index (κ2) is 5.82. The van der Waals surface area contributed by atoms with Crippen molar-refractivity contribution in [2.24, 2.45) is 7.05 Å². The number of hydrogen-bond acceptors (Lipinski definition) is 5. The monoisotopic (exact) mass is 334 g/mol. The molecule has 4 rings (SSSR count). The van der Waals surface area contributed by atoms with E-state index in [-0.39, 0.29) is 18.0 Å². The molecule has 0 radical (unpaired) electrons. The number of aromatic amines is 1. The van der Waals surface area contributed by atoms with Gasteiger partial charge in [-0.25, -0.2) is 10.1 Å². The number of fused-ring (bicyclic) bond motifs is 2. The number of benzene rings is 1. The highest BCUT2D eigenvalue weighted by Gasteiger charge is 2.11. The van der Waals surface area contributed by atoms with Crippen molar-refractivity contribution in [2.45, 2.75) is 6.54 Å². The zero-order valence-electron chi connectivity index (χ0n) is 13.4. The summed E-state index contributed by atoms with van der Waals surface area (Å²) in [6.45, 7) is 0.273. The molecule has 1 aromatic carbocycles. The number of rotatable bonds is 3. The topological polar surface area (TPSA) is 106 Å². The molecule has 0 atom stereocenters. The van der Waals surface area contributed by atoms with Gasteiger partial charge in [-0.05, 0) is 18.2 Å². The van der Waals surface area contributed by atoms with Gasteiger partial charge in [-0.1, -0.05) is 6.07 Å². The molecule has 3 aromatic heterocycles. The maximum Gasteiger partial charge on any atom is 0.272 e. The molecule has 3 heterocycles. The van der Waals surface area contributed by atoms with Gasteiger partial charge in [-0.15, -0.1) is 0 Å². The number of nitrogens with zero attached hydrogens (tertiary/aromatic N) is 4. The lowest BCUT2D eigenvalue weighted by Gasteiger charge is -2.06. The summed E-state index contributed by atoms with van der Waals surface area (Å²) in [6, 6.07) is 6.75. The number of pyridine rings is 1. The summed E-state index contributed by atoms with van der Waals surface area (Å²) < 4.78 is 1.89. The quantitative estimate of drug-likeness (QED) is 0.584. The number of hydrogen-bond donors (Lipinski definition) is 2. The van der Waals surface area contributed by atoms with E-state index < -0.39 is 0 Å². The number of aromatic nitrogens is 5. The van der Waals surface area contributed by atoms with Gasteiger partial charge in [-0.3, -0.25) is 14.6 Å². The Labute approximate surface area is 141 Å². The largest absolute Gasteiger partial charge is 0.345 e. The lowest BCUT2D eigenvalue weighted by atomic mass is 10.1. The van der Waals surface area contributed by atoms with Crippen molar-refractivity contribution < 1.29 is 4.79 Å². The molecular formula is C17H14N6O2. The average molecular weight is 334 g/mol. The van der Waals surface area contributed by atoms with Crippen LogP contribution in [0.5, 0.6) is 0 Å². The third kappa shape index (κ3) is 2.63. The summed E-state index contributed by atoms with van der Waals surface area (Å²) in [5.41, 5.74) is 1.81. The lowest BCUT2D eigenvalue weighted by Crippen LogP contribution is -2.24. The van der Waals surface area contributed by atoms with E-state index in [2.05, 4.69) is 25.5 Å². The number of carbonyl (C=O) groups excluding carboxylic acids is 1. The minimum absolute atomic E-state index is 0.273. The zero-order valence-corrected chi connectivity index (χ0v) is 13.4. The van der Waals surface area contributed by atoms with E-state index in [0.29, 0.717) is 16.3 Å². The van der Waals surface area contributed by atoms with Gasteiger partial charge in [-0.2, -0.15) is 5.10 Å². The summed E-state index contributed by atoms with van der Waals surface area (Å²) in [6.07, 6.45) is 4.96. The SMILES string of the molecule is Cn1c(CNC(=O)c2ccc3cn[nH]c(=O)c3c2)nc2ccncc21. The van der Waals surface area contributed by atoms with Gasteiger partial charge in [0.2, 0.25) is 0 Å². The first-order valence-electron chi connectivity index (χ1n) is 7.64. The van der Waals surface area contributed by atoms with E-state index in [9.17, 15) is 9.59 Å². The first-order valence-corrected chi connectivity index (χ1v) is 7.64. The zero-order chi connectivity index (χ0) is 17.4. The molecule has 25 heavy (non-hydrogen) atoms. The van der Waals surface area contributed by atoms with Crippen LogP contribution in [-0.4, -0.2) is 30.6 Å². The van der Waals surface area contributed by atoms with Gasteiger partial charge in [0.15, 0.2) is 0 Å². The molecule has 0 fully saturated rings. The summed E-state index contributed by atoms with van der Waals surface area (Å²) in [4.78, 5) is 32.8. The first kappa shape index (κ1) is 15.0. The van der Waals surface area contributed by atoms with Gasteiger partial charge in [0.1, 0.15) is 5.82 Å². The van der Waals surface area contributed by atoms with Crippen LogP contribution in [0, 0.1) is 0 Å². The van der Waals surface area contributed by atoms with Crippen LogP contribution in [-0.2, 0) is 13.6 Å². The Kier molecular flexibility index (Phi) is 3.50. The van der Waals surface area contributed by atoms with Crippen molar-refractivity contribution in [3.05, 3.63) is 64.6 Å². The fraction of sp³-hybridized carbons (Fsp3) is 0.118. The smallest absolute Gasteiger partial charge is 0.272 e. The first-order chi connectivity index (χ1) is 12.1. The van der Waals surface area contributed by atoms with Crippen molar-refractivity contribution in [3.63, 3.8) is 0 Å². The molecule has 4 aromatic rings. The summed E-state index contributed by atoms with van der Waals surface area (Å²) >= 11 is 0. The van der Waals surface area contributed by atoms with Crippen molar-refractivity contribution in [2.75, 3.05) is 0 Å². The highest BCUT2D eigenvalue weighted by atomic mass is 16.1. The van der Waals surface area contributed by atoms with Gasteiger partial charge in [0, 0.05) is 24.2 Å². The number of imidazole rings is 1. The van der Waals surface area contributed by atoms with E-state index >= 15 is 0 Å². The van der Waals surface area contributed by atoms with Crippen LogP contribution >= 0.6 is 0 Å². The van der Waals surface area contributed by atoms with Gasteiger partial charge in [0.25, 0.3) is 11.5 Å². The van der Waals surface area contributed by atoms with E-state index in [1.54, 1.807) is 36.8 Å². The van der Waals surface area contributed by atoms with Crippen LogP contribution in [0.2, 0.25) is 0 Å². The van der Waals surface area contributed by atoms with Crippen LogP contribution in [0.1, 0.15) is 16.2 Å². The highest BCUT2D eigenvalue weighted by Crippen LogP contribution is 2.14. The molecule has 0 unspecified atom stereocenters. The lowest BCUT2D eigenvalue weighted by molar-refractivity contribution is 0.0950. The summed E-state index contributed by atoms with van der Waals surface area (Å²) in [5.74, 6) is 0.447. The minimum Gasteiger partial charge on any atom is -0.345 e. The molecular weight excluding hydrogens is 320 g/mol. The second-order valence-electron chi connectivity index (χ2n) is 5.64. The van der Waals surface area contributed by atoms with Gasteiger partial charge in [0.05, 0.1) is 35.4 Å². The molecule has 8 nitrogen and oxygen atoms in total. The molecule has 124 valence electrons. The number of aryl methyl sites for hydroxylation is 1.